The predicted octanol–water partition coefficient (Wildman–Crippen LogP) is 3.66. The summed E-state index contributed by atoms with van der Waals surface area (Å²) in [6.45, 7) is 3.88. The van der Waals surface area contributed by atoms with Crippen LogP contribution < -0.4 is 9.64 Å². The number of nitrogens with one attached hydrogen (secondary N) is 1. The van der Waals surface area contributed by atoms with Crippen LogP contribution in [-0.4, -0.2) is 59.6 Å². The number of carbonyl (C=O) groups excluding carboxylic acids is 1. The number of hydrogen-bond donors (Lipinski definition) is 1. The molecular formula is C23H28FN5O2. The molecule has 31 heavy (non-hydrogen) atoms. The van der Waals surface area contributed by atoms with E-state index in [4.69, 9.17) is 4.74 Å². The molecule has 0 unspecified atom stereocenters. The fourth-order valence-electron chi connectivity index (χ4n) is 4.34. The highest BCUT2D eigenvalue weighted by Crippen LogP contribution is 2.31. The van der Waals surface area contributed by atoms with Gasteiger partial charge in [-0.2, -0.15) is 0 Å². The second kappa shape index (κ2) is 8.91. The number of aromatic amines is 1. The van der Waals surface area contributed by atoms with Crippen molar-refractivity contribution in [3.05, 3.63) is 47.8 Å². The van der Waals surface area contributed by atoms with Gasteiger partial charge in [-0.3, -0.25) is 4.79 Å². The molecule has 0 bridgehead atoms. The van der Waals surface area contributed by atoms with E-state index in [0.29, 0.717) is 54.9 Å². The van der Waals surface area contributed by atoms with Crippen molar-refractivity contribution in [2.45, 2.75) is 26.2 Å². The lowest BCUT2D eigenvalue weighted by atomic mass is 9.96. The number of likely N-dealkylation sites (tertiary alicyclic amines) is 1. The van der Waals surface area contributed by atoms with Crippen molar-refractivity contribution < 1.29 is 13.9 Å². The van der Waals surface area contributed by atoms with Crippen molar-refractivity contribution in [2.24, 2.45) is 5.92 Å². The number of methoxy groups -OCH3 is 1. The van der Waals surface area contributed by atoms with Gasteiger partial charge in [0.1, 0.15) is 12.0 Å². The molecule has 1 N–H and O–H groups in total. The third kappa shape index (κ3) is 4.06. The van der Waals surface area contributed by atoms with Gasteiger partial charge in [0.2, 0.25) is 0 Å². The number of anilines is 1. The molecule has 0 atom stereocenters. The Kier molecular flexibility index (Phi) is 6.06. The Morgan fingerprint density at radius 1 is 1.29 bits per heavy atom. The molecular weight excluding hydrogens is 397 g/mol. The van der Waals surface area contributed by atoms with Gasteiger partial charge in [-0.15, -0.1) is 0 Å². The quantitative estimate of drug-likeness (QED) is 0.653. The molecule has 0 saturated carbocycles. The monoisotopic (exact) mass is 425 g/mol. The predicted molar refractivity (Wildman–Crippen MR) is 118 cm³/mol. The molecule has 3 heterocycles. The van der Waals surface area contributed by atoms with E-state index in [2.05, 4.69) is 15.0 Å². The molecule has 7 nitrogen and oxygen atoms in total. The molecule has 0 aliphatic carbocycles. The second-order valence-electron chi connectivity index (χ2n) is 8.01. The molecule has 1 aliphatic rings. The molecule has 3 aromatic rings. The smallest absolute Gasteiger partial charge is 0.274 e. The van der Waals surface area contributed by atoms with Crippen LogP contribution in [0.5, 0.6) is 5.75 Å². The summed E-state index contributed by atoms with van der Waals surface area (Å²) in [6.07, 6.45) is 3.66. The molecule has 0 radical (unpaired) electrons. The normalized spacial score (nSPS) is 14.8. The lowest BCUT2D eigenvalue weighted by Crippen LogP contribution is -2.41. The summed E-state index contributed by atoms with van der Waals surface area (Å²) in [5.41, 5.74) is 1.82. The molecule has 4 rings (SSSR count). The Bertz CT molecular complexity index is 1080. The fraction of sp³-hybridized carbons (Fsp3) is 0.435. The lowest BCUT2D eigenvalue weighted by Gasteiger charge is -2.34. The number of para-hydroxylation sites is 1. The molecule has 164 valence electrons. The van der Waals surface area contributed by atoms with Gasteiger partial charge in [-0.05, 0) is 37.3 Å². The highest BCUT2D eigenvalue weighted by Gasteiger charge is 2.28. The maximum absolute atomic E-state index is 14.6. The Morgan fingerprint density at radius 3 is 2.74 bits per heavy atom. The van der Waals surface area contributed by atoms with Gasteiger partial charge in [-0.1, -0.05) is 19.1 Å². The maximum atomic E-state index is 14.6. The van der Waals surface area contributed by atoms with Crippen LogP contribution in [0.2, 0.25) is 0 Å². The first kappa shape index (κ1) is 21.1. The third-order valence-corrected chi connectivity index (χ3v) is 6.05. The summed E-state index contributed by atoms with van der Waals surface area (Å²) in [7, 11) is 3.45. The lowest BCUT2D eigenvalue weighted by molar-refractivity contribution is 0.0685. The van der Waals surface area contributed by atoms with Crippen molar-refractivity contribution in [2.75, 3.05) is 38.7 Å². The number of aryl methyl sites for hydroxylation is 1. The first-order valence-corrected chi connectivity index (χ1v) is 10.7. The van der Waals surface area contributed by atoms with E-state index >= 15 is 0 Å². The Balaban J connectivity index is 1.41. The van der Waals surface area contributed by atoms with Crippen LogP contribution in [0.15, 0.2) is 30.6 Å². The van der Waals surface area contributed by atoms with Gasteiger partial charge in [0.05, 0.1) is 12.8 Å². The molecule has 1 aromatic carbocycles. The van der Waals surface area contributed by atoms with Gasteiger partial charge >= 0.3 is 0 Å². The summed E-state index contributed by atoms with van der Waals surface area (Å²) in [5.74, 6) is 0.903. The number of fused-ring (bicyclic) bond motifs is 1. The van der Waals surface area contributed by atoms with Gasteiger partial charge < -0.3 is 19.5 Å². The van der Waals surface area contributed by atoms with E-state index in [9.17, 15) is 9.18 Å². The topological polar surface area (TPSA) is 74.4 Å². The number of H-pyrrole nitrogens is 1. The number of rotatable bonds is 6. The number of piperidine rings is 1. The summed E-state index contributed by atoms with van der Waals surface area (Å²) in [6, 6.07) is 7.74. The zero-order chi connectivity index (χ0) is 22.0. The molecule has 1 saturated heterocycles. The number of benzene rings is 1. The number of halogens is 1. The standard InChI is InChI=1S/C23H28FN5O2/c1-4-17-19(24)22(26-14-25-17)28(2)13-15-9-11-29(12-10-15)23(30)20-21(31-3)16-7-5-6-8-18(16)27-20/h5-8,14-15,27H,4,9-13H2,1-3H3. The fourth-order valence-corrected chi connectivity index (χ4v) is 4.34. The average Bonchev–Trinajstić information content (AvgIpc) is 3.18. The van der Waals surface area contributed by atoms with E-state index in [-0.39, 0.29) is 11.7 Å². The maximum Gasteiger partial charge on any atom is 0.274 e. The third-order valence-electron chi connectivity index (χ3n) is 6.05. The molecule has 1 fully saturated rings. The first-order chi connectivity index (χ1) is 15.0. The minimum absolute atomic E-state index is 0.0470. The second-order valence-corrected chi connectivity index (χ2v) is 8.01. The van der Waals surface area contributed by atoms with Crippen molar-refractivity contribution in [3.63, 3.8) is 0 Å². The number of ether oxygens (including phenoxy) is 1. The zero-order valence-electron chi connectivity index (χ0n) is 18.2. The van der Waals surface area contributed by atoms with Crippen LogP contribution in [0.1, 0.15) is 35.9 Å². The Morgan fingerprint density at radius 2 is 2.03 bits per heavy atom. The van der Waals surface area contributed by atoms with Crippen molar-refractivity contribution >= 4 is 22.6 Å². The van der Waals surface area contributed by atoms with Crippen molar-refractivity contribution in [1.82, 2.24) is 19.9 Å². The van der Waals surface area contributed by atoms with E-state index < -0.39 is 0 Å². The summed E-state index contributed by atoms with van der Waals surface area (Å²) in [5, 5.41) is 0.906. The number of nitrogens with zero attached hydrogens (tertiary/aromatic N) is 4. The minimum atomic E-state index is -0.342. The average molecular weight is 426 g/mol. The number of aromatic nitrogens is 3. The number of amides is 1. The molecule has 0 spiro atoms. The van der Waals surface area contributed by atoms with Gasteiger partial charge in [0.15, 0.2) is 17.4 Å². The summed E-state index contributed by atoms with van der Waals surface area (Å²) >= 11 is 0. The Hall–Kier alpha value is -3.16. The van der Waals surface area contributed by atoms with Crippen LogP contribution in [0.3, 0.4) is 0 Å². The molecule has 2 aromatic heterocycles. The van der Waals surface area contributed by atoms with Crippen LogP contribution in [-0.2, 0) is 6.42 Å². The largest absolute Gasteiger partial charge is 0.494 e. The number of hydrogen-bond acceptors (Lipinski definition) is 5. The van der Waals surface area contributed by atoms with Crippen LogP contribution in [0, 0.1) is 11.7 Å². The summed E-state index contributed by atoms with van der Waals surface area (Å²) in [4.78, 5) is 28.2. The highest BCUT2D eigenvalue weighted by atomic mass is 19.1. The van der Waals surface area contributed by atoms with Crippen molar-refractivity contribution in [3.8, 4) is 5.75 Å². The highest BCUT2D eigenvalue weighted by molar-refractivity contribution is 6.03. The number of carbonyl (C=O) groups is 1. The van der Waals surface area contributed by atoms with E-state index in [0.717, 1.165) is 23.7 Å². The van der Waals surface area contributed by atoms with Gasteiger partial charge in [-0.25, -0.2) is 14.4 Å². The van der Waals surface area contributed by atoms with Crippen LogP contribution in [0.25, 0.3) is 10.9 Å². The van der Waals surface area contributed by atoms with Crippen molar-refractivity contribution in [1.29, 1.82) is 0 Å². The minimum Gasteiger partial charge on any atom is -0.494 e. The summed E-state index contributed by atoms with van der Waals surface area (Å²) < 4.78 is 20.1. The van der Waals surface area contributed by atoms with E-state index in [1.165, 1.54) is 6.33 Å². The van der Waals surface area contributed by atoms with Crippen LogP contribution >= 0.6 is 0 Å². The SMILES string of the molecule is CCc1ncnc(N(C)CC2CCN(C(=O)c3[nH]c4ccccc4c3OC)CC2)c1F. The zero-order valence-corrected chi connectivity index (χ0v) is 18.2. The molecule has 1 amide bonds. The van der Waals surface area contributed by atoms with Gasteiger partial charge in [0.25, 0.3) is 5.91 Å². The molecule has 8 heteroatoms. The Labute approximate surface area is 181 Å². The van der Waals surface area contributed by atoms with E-state index in [1.807, 2.05) is 48.0 Å². The van der Waals surface area contributed by atoms with E-state index in [1.54, 1.807) is 7.11 Å². The molecule has 1 aliphatic heterocycles. The van der Waals surface area contributed by atoms with Crippen LogP contribution in [0.4, 0.5) is 10.2 Å². The first-order valence-electron chi connectivity index (χ1n) is 10.7. The van der Waals surface area contributed by atoms with Gasteiger partial charge in [0, 0.05) is 37.6 Å².